The van der Waals surface area contributed by atoms with E-state index in [1.165, 1.54) is 51.4 Å². The van der Waals surface area contributed by atoms with Gasteiger partial charge in [-0.1, -0.05) is 25.7 Å². The molecular formula is C15H28N2O. The van der Waals surface area contributed by atoms with Crippen molar-refractivity contribution in [1.82, 2.24) is 10.2 Å². The summed E-state index contributed by atoms with van der Waals surface area (Å²) < 4.78 is 6.01. The number of nitrogens with zero attached hydrogens (tertiary/aromatic N) is 1. The normalized spacial score (nSPS) is 42.5. The van der Waals surface area contributed by atoms with E-state index in [1.54, 1.807) is 0 Å². The molecule has 0 aromatic rings. The summed E-state index contributed by atoms with van der Waals surface area (Å²) in [6, 6.07) is 2.18. The maximum absolute atomic E-state index is 6.01. The van der Waals surface area contributed by atoms with E-state index in [2.05, 4.69) is 17.3 Å². The van der Waals surface area contributed by atoms with Gasteiger partial charge in [0.15, 0.2) is 0 Å². The summed E-state index contributed by atoms with van der Waals surface area (Å²) >= 11 is 0. The summed E-state index contributed by atoms with van der Waals surface area (Å²) in [5.41, 5.74) is 0. The highest BCUT2D eigenvalue weighted by Gasteiger charge is 2.40. The van der Waals surface area contributed by atoms with Crippen LogP contribution in [0.4, 0.5) is 0 Å². The van der Waals surface area contributed by atoms with Crippen molar-refractivity contribution in [2.75, 3.05) is 20.2 Å². The predicted octanol–water partition coefficient (Wildman–Crippen LogP) is 2.16. The summed E-state index contributed by atoms with van der Waals surface area (Å²) in [6.07, 6.45) is 11.5. The van der Waals surface area contributed by atoms with Gasteiger partial charge in [0.1, 0.15) is 0 Å². The van der Waals surface area contributed by atoms with Crippen molar-refractivity contribution >= 4 is 0 Å². The number of morpholine rings is 1. The lowest BCUT2D eigenvalue weighted by molar-refractivity contribution is -0.110. The summed E-state index contributed by atoms with van der Waals surface area (Å²) in [5, 5.41) is 3.56. The standard InChI is InChI=1S/C15H28N2O/c1-16-12-6-2-3-7-13(12)17-10-11-18-15-9-5-4-8-14(15)17/h12-16H,2-11H2,1H3. The summed E-state index contributed by atoms with van der Waals surface area (Å²) in [4.78, 5) is 2.81. The minimum Gasteiger partial charge on any atom is -0.375 e. The van der Waals surface area contributed by atoms with Gasteiger partial charge in [0.2, 0.25) is 0 Å². The van der Waals surface area contributed by atoms with Crippen LogP contribution in [0.2, 0.25) is 0 Å². The highest BCUT2D eigenvalue weighted by molar-refractivity contribution is 4.95. The average molecular weight is 252 g/mol. The van der Waals surface area contributed by atoms with E-state index in [-0.39, 0.29) is 0 Å². The molecule has 0 aromatic heterocycles. The minimum absolute atomic E-state index is 0.534. The molecule has 18 heavy (non-hydrogen) atoms. The van der Waals surface area contributed by atoms with E-state index >= 15 is 0 Å². The van der Waals surface area contributed by atoms with Crippen molar-refractivity contribution in [2.45, 2.75) is 75.6 Å². The molecule has 2 aliphatic carbocycles. The molecule has 1 saturated heterocycles. The number of hydrogen-bond donors (Lipinski definition) is 1. The van der Waals surface area contributed by atoms with Gasteiger partial charge in [-0.3, -0.25) is 4.90 Å². The smallest absolute Gasteiger partial charge is 0.0731 e. The molecule has 0 amide bonds. The van der Waals surface area contributed by atoms with Crippen LogP contribution in [0.25, 0.3) is 0 Å². The van der Waals surface area contributed by atoms with Crippen LogP contribution in [-0.2, 0) is 4.74 Å². The Balaban J connectivity index is 1.72. The first kappa shape index (κ1) is 12.9. The second-order valence-electron chi connectivity index (χ2n) is 6.25. The highest BCUT2D eigenvalue weighted by Crippen LogP contribution is 2.33. The van der Waals surface area contributed by atoms with E-state index < -0.39 is 0 Å². The summed E-state index contributed by atoms with van der Waals surface area (Å²) in [7, 11) is 2.14. The molecule has 1 N–H and O–H groups in total. The zero-order valence-corrected chi connectivity index (χ0v) is 11.7. The number of nitrogens with one attached hydrogen (secondary N) is 1. The van der Waals surface area contributed by atoms with Crippen LogP contribution < -0.4 is 5.32 Å². The molecule has 1 heterocycles. The largest absolute Gasteiger partial charge is 0.375 e. The lowest BCUT2D eigenvalue weighted by atomic mass is 9.84. The molecule has 2 saturated carbocycles. The van der Waals surface area contributed by atoms with Crippen LogP contribution in [0.3, 0.4) is 0 Å². The fourth-order valence-electron chi connectivity index (χ4n) is 4.38. The highest BCUT2D eigenvalue weighted by atomic mass is 16.5. The Morgan fingerprint density at radius 2 is 1.67 bits per heavy atom. The Morgan fingerprint density at radius 1 is 0.944 bits per heavy atom. The molecule has 1 aliphatic heterocycles. The Bertz CT molecular complexity index is 269. The topological polar surface area (TPSA) is 24.5 Å². The van der Waals surface area contributed by atoms with Crippen LogP contribution >= 0.6 is 0 Å². The maximum Gasteiger partial charge on any atom is 0.0731 e. The molecule has 3 fully saturated rings. The lowest BCUT2D eigenvalue weighted by Gasteiger charge is -2.50. The van der Waals surface area contributed by atoms with Crippen molar-refractivity contribution in [2.24, 2.45) is 0 Å². The monoisotopic (exact) mass is 252 g/mol. The minimum atomic E-state index is 0.534. The SMILES string of the molecule is CNC1CCCCC1N1CCOC2CCCCC21. The molecule has 3 nitrogen and oxygen atoms in total. The van der Waals surface area contributed by atoms with Crippen molar-refractivity contribution in [1.29, 1.82) is 0 Å². The molecule has 3 aliphatic rings. The predicted molar refractivity (Wildman–Crippen MR) is 73.8 cm³/mol. The van der Waals surface area contributed by atoms with Gasteiger partial charge in [0.25, 0.3) is 0 Å². The first-order valence-corrected chi connectivity index (χ1v) is 7.95. The van der Waals surface area contributed by atoms with Crippen LogP contribution in [0, 0.1) is 0 Å². The number of likely N-dealkylation sites (N-methyl/N-ethyl adjacent to an activating group) is 1. The van der Waals surface area contributed by atoms with Gasteiger partial charge in [0.05, 0.1) is 12.7 Å². The first-order valence-electron chi connectivity index (χ1n) is 7.95. The molecule has 104 valence electrons. The van der Waals surface area contributed by atoms with E-state index in [4.69, 9.17) is 4.74 Å². The molecule has 4 unspecified atom stereocenters. The van der Waals surface area contributed by atoms with Crippen LogP contribution in [0.5, 0.6) is 0 Å². The maximum atomic E-state index is 6.01. The Kier molecular flexibility index (Phi) is 4.22. The Labute approximate surface area is 111 Å². The van der Waals surface area contributed by atoms with Gasteiger partial charge in [-0.2, -0.15) is 0 Å². The first-order chi connectivity index (χ1) is 8.90. The number of fused-ring (bicyclic) bond motifs is 1. The molecule has 0 bridgehead atoms. The number of ether oxygens (including phenoxy) is 1. The van der Waals surface area contributed by atoms with E-state index in [0.717, 1.165) is 19.2 Å². The Morgan fingerprint density at radius 3 is 2.50 bits per heavy atom. The Hall–Kier alpha value is -0.120. The zero-order valence-electron chi connectivity index (χ0n) is 11.7. The summed E-state index contributed by atoms with van der Waals surface area (Å²) in [5.74, 6) is 0. The van der Waals surface area contributed by atoms with Gasteiger partial charge in [-0.05, 0) is 32.7 Å². The van der Waals surface area contributed by atoms with Gasteiger partial charge < -0.3 is 10.1 Å². The van der Waals surface area contributed by atoms with E-state index in [9.17, 15) is 0 Å². The van der Waals surface area contributed by atoms with Crippen LogP contribution in [0.1, 0.15) is 51.4 Å². The average Bonchev–Trinajstić information content (AvgIpc) is 2.46. The molecule has 0 radical (unpaired) electrons. The van der Waals surface area contributed by atoms with Crippen LogP contribution in [0.15, 0.2) is 0 Å². The number of hydrogen-bond acceptors (Lipinski definition) is 3. The third-order valence-electron chi connectivity index (χ3n) is 5.30. The molecule has 0 aromatic carbocycles. The zero-order chi connectivity index (χ0) is 12.4. The van der Waals surface area contributed by atoms with Crippen LogP contribution in [-0.4, -0.2) is 49.3 Å². The molecule has 4 atom stereocenters. The second-order valence-corrected chi connectivity index (χ2v) is 6.25. The molecular weight excluding hydrogens is 224 g/mol. The lowest BCUT2D eigenvalue weighted by Crippen LogP contribution is -2.61. The molecule has 3 rings (SSSR count). The van der Waals surface area contributed by atoms with Crippen molar-refractivity contribution in [3.8, 4) is 0 Å². The van der Waals surface area contributed by atoms with Gasteiger partial charge in [-0.15, -0.1) is 0 Å². The van der Waals surface area contributed by atoms with Crippen molar-refractivity contribution in [3.05, 3.63) is 0 Å². The molecule has 0 spiro atoms. The second kappa shape index (κ2) is 5.89. The van der Waals surface area contributed by atoms with Gasteiger partial charge in [-0.25, -0.2) is 0 Å². The van der Waals surface area contributed by atoms with Gasteiger partial charge in [0, 0.05) is 24.7 Å². The quantitative estimate of drug-likeness (QED) is 0.815. The van der Waals surface area contributed by atoms with Gasteiger partial charge >= 0.3 is 0 Å². The summed E-state index contributed by atoms with van der Waals surface area (Å²) in [6.45, 7) is 2.11. The third kappa shape index (κ3) is 2.45. The van der Waals surface area contributed by atoms with Crippen molar-refractivity contribution in [3.63, 3.8) is 0 Å². The third-order valence-corrected chi connectivity index (χ3v) is 5.30. The van der Waals surface area contributed by atoms with E-state index in [1.807, 2.05) is 0 Å². The fraction of sp³-hybridized carbons (Fsp3) is 1.00. The molecule has 3 heteroatoms. The van der Waals surface area contributed by atoms with Crippen molar-refractivity contribution < 1.29 is 4.74 Å². The number of rotatable bonds is 2. The van der Waals surface area contributed by atoms with E-state index in [0.29, 0.717) is 18.2 Å². The fourth-order valence-corrected chi connectivity index (χ4v) is 4.38.